The molecule has 0 unspecified atom stereocenters. The lowest BCUT2D eigenvalue weighted by atomic mass is 10.2. The van der Waals surface area contributed by atoms with Crippen LogP contribution in [0, 0.1) is 23.5 Å². The monoisotopic (exact) mass is 428 g/mol. The molecular weight excluding hydrogens is 410 g/mol. The number of hydrogen-bond donors (Lipinski definition) is 0. The highest BCUT2D eigenvalue weighted by atomic mass is 19.1. The Morgan fingerprint density at radius 2 is 1.25 bits per heavy atom. The van der Waals surface area contributed by atoms with Gasteiger partial charge >= 0.3 is 0 Å². The summed E-state index contributed by atoms with van der Waals surface area (Å²) >= 11 is 0. The van der Waals surface area contributed by atoms with Crippen molar-refractivity contribution in [2.24, 2.45) is 0 Å². The largest absolute Gasteiger partial charge is 0.483 e. The lowest BCUT2D eigenvalue weighted by Crippen LogP contribution is -2.04. The fraction of sp³-hybridized carbons (Fsp3) is 0.0769. The molecule has 1 aromatic heterocycles. The van der Waals surface area contributed by atoms with Crippen LogP contribution in [0.3, 0.4) is 0 Å². The molecule has 0 bridgehead atoms. The second kappa shape index (κ2) is 10.2. The number of halogens is 2. The van der Waals surface area contributed by atoms with Crippen molar-refractivity contribution in [3.8, 4) is 23.5 Å². The molecule has 0 aliphatic heterocycles. The van der Waals surface area contributed by atoms with E-state index in [4.69, 9.17) is 9.47 Å². The minimum absolute atomic E-state index is 0.197. The maximum absolute atomic E-state index is 13.8. The van der Waals surface area contributed by atoms with Gasteiger partial charge in [0.25, 0.3) is 5.88 Å². The lowest BCUT2D eigenvalue weighted by Gasteiger charge is -2.11. The molecule has 0 saturated carbocycles. The van der Waals surface area contributed by atoms with Gasteiger partial charge in [0.15, 0.2) is 5.75 Å². The molecule has 0 aliphatic rings. The molecule has 32 heavy (non-hydrogen) atoms. The summed E-state index contributed by atoms with van der Waals surface area (Å²) in [6.07, 6.45) is 0. The van der Waals surface area contributed by atoms with Crippen LogP contribution in [0.15, 0.2) is 84.9 Å². The van der Waals surface area contributed by atoms with Crippen LogP contribution in [0.2, 0.25) is 0 Å². The van der Waals surface area contributed by atoms with Crippen molar-refractivity contribution in [2.75, 3.05) is 0 Å². The molecule has 4 rings (SSSR count). The average Bonchev–Trinajstić information content (AvgIpc) is 2.83. The van der Waals surface area contributed by atoms with Crippen LogP contribution in [-0.2, 0) is 13.2 Å². The van der Waals surface area contributed by atoms with Gasteiger partial charge in [-0.25, -0.2) is 8.78 Å². The van der Waals surface area contributed by atoms with E-state index < -0.39 is 11.6 Å². The third kappa shape index (κ3) is 5.46. The van der Waals surface area contributed by atoms with Crippen molar-refractivity contribution in [1.29, 1.82) is 0 Å². The summed E-state index contributed by atoms with van der Waals surface area (Å²) in [7, 11) is 0. The molecule has 1 heterocycles. The van der Waals surface area contributed by atoms with Gasteiger partial charge < -0.3 is 9.47 Å². The van der Waals surface area contributed by atoms with E-state index in [1.54, 1.807) is 6.07 Å². The van der Waals surface area contributed by atoms with Gasteiger partial charge in [0.2, 0.25) is 0 Å². The Labute approximate surface area is 184 Å². The van der Waals surface area contributed by atoms with E-state index in [1.807, 2.05) is 60.7 Å². The molecular formula is C26H18F2N2O2. The zero-order chi connectivity index (χ0) is 22.2. The second-order valence-electron chi connectivity index (χ2n) is 6.79. The molecule has 4 aromatic rings. The normalized spacial score (nSPS) is 10.2. The van der Waals surface area contributed by atoms with E-state index in [2.05, 4.69) is 22.0 Å². The summed E-state index contributed by atoms with van der Waals surface area (Å²) in [5.41, 5.74) is 1.79. The predicted molar refractivity (Wildman–Crippen MR) is 116 cm³/mol. The van der Waals surface area contributed by atoms with Crippen molar-refractivity contribution in [3.63, 3.8) is 0 Å². The molecule has 158 valence electrons. The van der Waals surface area contributed by atoms with Crippen LogP contribution >= 0.6 is 0 Å². The Bertz CT molecular complexity index is 1230. The predicted octanol–water partition coefficient (Wildman–Crippen LogP) is 5.31. The molecule has 0 N–H and O–H groups in total. The average molecular weight is 428 g/mol. The summed E-state index contributed by atoms with van der Waals surface area (Å²) in [5.74, 6) is 4.17. The third-order valence-electron chi connectivity index (χ3n) is 4.46. The Balaban J connectivity index is 1.59. The van der Waals surface area contributed by atoms with Crippen LogP contribution in [-0.4, -0.2) is 10.2 Å². The highest BCUT2D eigenvalue weighted by Gasteiger charge is 2.11. The molecule has 0 fully saturated rings. The van der Waals surface area contributed by atoms with E-state index in [0.717, 1.165) is 23.3 Å². The minimum atomic E-state index is -0.742. The number of aromatic nitrogens is 2. The van der Waals surface area contributed by atoms with Gasteiger partial charge in [-0.05, 0) is 29.2 Å². The van der Waals surface area contributed by atoms with Gasteiger partial charge in [0, 0.05) is 6.07 Å². The molecule has 6 heteroatoms. The molecule has 0 atom stereocenters. The summed E-state index contributed by atoms with van der Waals surface area (Å²) in [4.78, 5) is 0. The SMILES string of the molecule is Fc1cccc(F)c1C#Cc1cc(OCc2ccccc2)c(OCc2ccccc2)nn1. The molecule has 0 radical (unpaired) electrons. The van der Waals surface area contributed by atoms with Gasteiger partial charge in [-0.15, -0.1) is 10.2 Å². The van der Waals surface area contributed by atoms with Crippen LogP contribution in [0.4, 0.5) is 8.78 Å². The van der Waals surface area contributed by atoms with E-state index >= 15 is 0 Å². The van der Waals surface area contributed by atoms with Crippen LogP contribution in [0.5, 0.6) is 11.6 Å². The number of nitrogens with zero attached hydrogens (tertiary/aromatic N) is 2. The van der Waals surface area contributed by atoms with Gasteiger partial charge in [-0.1, -0.05) is 72.7 Å². The Morgan fingerprint density at radius 1 is 0.656 bits per heavy atom. The van der Waals surface area contributed by atoms with Crippen molar-refractivity contribution < 1.29 is 18.3 Å². The Hall–Kier alpha value is -4.24. The van der Waals surface area contributed by atoms with E-state index in [0.29, 0.717) is 5.75 Å². The smallest absolute Gasteiger partial charge is 0.276 e. The van der Waals surface area contributed by atoms with E-state index in [1.165, 1.54) is 6.07 Å². The number of benzene rings is 3. The standard InChI is InChI=1S/C26H18F2N2O2/c27-23-12-7-13-24(28)22(23)15-14-21-16-25(31-17-19-8-3-1-4-9-19)26(30-29-21)32-18-20-10-5-2-6-11-20/h1-13,16H,17-18H2. The first kappa shape index (κ1) is 21.0. The summed E-state index contributed by atoms with van der Waals surface area (Å²) in [6, 6.07) is 24.3. The maximum Gasteiger partial charge on any atom is 0.276 e. The first-order valence-electron chi connectivity index (χ1n) is 9.86. The first-order chi connectivity index (χ1) is 15.7. The van der Waals surface area contributed by atoms with Gasteiger partial charge in [-0.2, -0.15) is 0 Å². The zero-order valence-electron chi connectivity index (χ0n) is 17.0. The highest BCUT2D eigenvalue weighted by molar-refractivity contribution is 5.45. The maximum atomic E-state index is 13.8. The summed E-state index contributed by atoms with van der Waals surface area (Å²) in [6.45, 7) is 0.561. The van der Waals surface area contributed by atoms with Crippen LogP contribution in [0.1, 0.15) is 22.4 Å². The lowest BCUT2D eigenvalue weighted by molar-refractivity contribution is 0.244. The van der Waals surface area contributed by atoms with Crippen molar-refractivity contribution in [2.45, 2.75) is 13.2 Å². The highest BCUT2D eigenvalue weighted by Crippen LogP contribution is 2.26. The number of ether oxygens (including phenoxy) is 2. The molecule has 4 nitrogen and oxygen atoms in total. The first-order valence-corrected chi connectivity index (χ1v) is 9.86. The fourth-order valence-electron chi connectivity index (χ4n) is 2.83. The fourth-order valence-corrected chi connectivity index (χ4v) is 2.83. The topological polar surface area (TPSA) is 44.2 Å². The minimum Gasteiger partial charge on any atom is -0.483 e. The number of hydrogen-bond acceptors (Lipinski definition) is 4. The van der Waals surface area contributed by atoms with Gasteiger partial charge in [-0.3, -0.25) is 0 Å². The van der Waals surface area contributed by atoms with Crippen molar-refractivity contribution >= 4 is 0 Å². The number of rotatable bonds is 6. The Morgan fingerprint density at radius 3 is 1.88 bits per heavy atom. The van der Waals surface area contributed by atoms with Crippen LogP contribution in [0.25, 0.3) is 0 Å². The summed E-state index contributed by atoms with van der Waals surface area (Å²) < 4.78 is 39.4. The molecule has 3 aromatic carbocycles. The van der Waals surface area contributed by atoms with Crippen molar-refractivity contribution in [1.82, 2.24) is 10.2 Å². The molecule has 0 spiro atoms. The zero-order valence-corrected chi connectivity index (χ0v) is 17.0. The van der Waals surface area contributed by atoms with E-state index in [-0.39, 0.29) is 30.4 Å². The third-order valence-corrected chi connectivity index (χ3v) is 4.46. The molecule has 0 aliphatic carbocycles. The van der Waals surface area contributed by atoms with Crippen LogP contribution < -0.4 is 9.47 Å². The molecule has 0 saturated heterocycles. The summed E-state index contributed by atoms with van der Waals surface area (Å²) in [5, 5.41) is 8.08. The second-order valence-corrected chi connectivity index (χ2v) is 6.79. The van der Waals surface area contributed by atoms with Gasteiger partial charge in [0.05, 0.1) is 5.56 Å². The van der Waals surface area contributed by atoms with Gasteiger partial charge in [0.1, 0.15) is 30.5 Å². The molecule has 0 amide bonds. The Kier molecular flexibility index (Phi) is 6.69. The quantitative estimate of drug-likeness (QED) is 0.390. The van der Waals surface area contributed by atoms with E-state index in [9.17, 15) is 8.78 Å². The van der Waals surface area contributed by atoms with Crippen molar-refractivity contribution in [3.05, 3.63) is 119 Å².